The lowest BCUT2D eigenvalue weighted by Crippen LogP contribution is -2.09. The minimum Gasteiger partial charge on any atom is -0.491 e. The van der Waals surface area contributed by atoms with Crippen molar-refractivity contribution in [3.05, 3.63) is 105 Å². The summed E-state index contributed by atoms with van der Waals surface area (Å²) in [6.45, 7) is 3.28. The van der Waals surface area contributed by atoms with Gasteiger partial charge in [-0.25, -0.2) is 17.6 Å². The highest BCUT2D eigenvalue weighted by Gasteiger charge is 2.24. The number of aliphatic hydroxyl groups is 1. The van der Waals surface area contributed by atoms with E-state index in [9.17, 15) is 27.1 Å². The van der Waals surface area contributed by atoms with Gasteiger partial charge in [0.1, 0.15) is 5.82 Å². The van der Waals surface area contributed by atoms with E-state index in [1.807, 2.05) is 6.08 Å². The van der Waals surface area contributed by atoms with E-state index in [2.05, 4.69) is 0 Å². The van der Waals surface area contributed by atoms with Crippen LogP contribution in [-0.2, 0) is 12.8 Å². The maximum absolute atomic E-state index is 14.9. The average Bonchev–Trinajstić information content (AvgIpc) is 2.88. The number of hydrogen-bond acceptors (Lipinski definition) is 2. The van der Waals surface area contributed by atoms with E-state index < -0.39 is 35.2 Å². The first-order chi connectivity index (χ1) is 17.7. The molecule has 2 nitrogen and oxygen atoms in total. The molecule has 196 valence electrons. The third kappa shape index (κ3) is 5.72. The molecule has 2 atom stereocenters. The fourth-order valence-electron chi connectivity index (χ4n) is 4.85. The van der Waals surface area contributed by atoms with Crippen LogP contribution in [0.4, 0.5) is 22.0 Å². The molecular formula is C30H29F5O2. The Hall–Kier alpha value is -3.19. The Balaban J connectivity index is 1.44. The van der Waals surface area contributed by atoms with Gasteiger partial charge in [-0.1, -0.05) is 36.4 Å². The number of aryl methyl sites for hydroxylation is 2. The minimum absolute atomic E-state index is 0.0701. The highest BCUT2D eigenvalue weighted by molar-refractivity contribution is 5.67. The molecule has 1 N–H and O–H groups in total. The van der Waals surface area contributed by atoms with E-state index in [0.29, 0.717) is 30.4 Å². The molecule has 4 rings (SSSR count). The summed E-state index contributed by atoms with van der Waals surface area (Å²) in [5, 5.41) is 9.59. The van der Waals surface area contributed by atoms with Gasteiger partial charge in [-0.05, 0) is 91.8 Å². The van der Waals surface area contributed by atoms with Gasteiger partial charge < -0.3 is 9.84 Å². The van der Waals surface area contributed by atoms with Gasteiger partial charge in [-0.15, -0.1) is 0 Å². The van der Waals surface area contributed by atoms with Crippen LogP contribution in [-0.4, -0.2) is 11.7 Å². The van der Waals surface area contributed by atoms with E-state index in [-0.39, 0.29) is 47.8 Å². The lowest BCUT2D eigenvalue weighted by atomic mass is 9.82. The number of ether oxygens (including phenoxy) is 1. The molecule has 0 bridgehead atoms. The molecule has 0 amide bonds. The van der Waals surface area contributed by atoms with Gasteiger partial charge in [0.2, 0.25) is 5.82 Å². The van der Waals surface area contributed by atoms with Crippen molar-refractivity contribution in [1.29, 1.82) is 0 Å². The number of allylic oxidation sites excluding steroid dienone is 2. The number of rotatable bonds is 8. The first-order valence-corrected chi connectivity index (χ1v) is 12.4. The Bertz CT molecular complexity index is 1320. The summed E-state index contributed by atoms with van der Waals surface area (Å²) in [6, 6.07) is 10.6. The first kappa shape index (κ1) is 26.9. The van der Waals surface area contributed by atoms with Gasteiger partial charge in [-0.2, -0.15) is 4.39 Å². The van der Waals surface area contributed by atoms with Crippen LogP contribution in [0.5, 0.6) is 5.75 Å². The molecule has 37 heavy (non-hydrogen) atoms. The van der Waals surface area contributed by atoms with Gasteiger partial charge >= 0.3 is 0 Å². The summed E-state index contributed by atoms with van der Waals surface area (Å²) in [5.74, 6) is -4.77. The summed E-state index contributed by atoms with van der Waals surface area (Å²) >= 11 is 0. The molecule has 0 fully saturated rings. The predicted molar refractivity (Wildman–Crippen MR) is 133 cm³/mol. The van der Waals surface area contributed by atoms with Gasteiger partial charge in [0.05, 0.1) is 12.7 Å². The highest BCUT2D eigenvalue weighted by Crippen LogP contribution is 2.38. The zero-order chi connectivity index (χ0) is 26.7. The molecule has 7 heteroatoms. The molecular weight excluding hydrogens is 487 g/mol. The Morgan fingerprint density at radius 3 is 2.27 bits per heavy atom. The molecule has 3 aromatic rings. The standard InChI is InChI=1S/C30H29F5O2/c1-3-37-26-15-12-21(27(32)30(26)35)10-8-20-9-11-22(16-25(20)31)18-4-6-19(7-5-18)24-14-13-23(17(2)36)28(33)29(24)34/h4,9,11-17,19,36H,3,5-8,10H2,1-2H3. The van der Waals surface area contributed by atoms with Gasteiger partial charge in [0, 0.05) is 5.56 Å². The largest absolute Gasteiger partial charge is 0.491 e. The number of halogens is 5. The molecule has 0 spiro atoms. The number of hydrogen-bond donors (Lipinski definition) is 1. The lowest BCUT2D eigenvalue weighted by molar-refractivity contribution is 0.192. The topological polar surface area (TPSA) is 29.5 Å². The van der Waals surface area contributed by atoms with Crippen molar-refractivity contribution in [2.24, 2.45) is 0 Å². The second-order valence-corrected chi connectivity index (χ2v) is 9.34. The van der Waals surface area contributed by atoms with Crippen LogP contribution in [0, 0.1) is 29.1 Å². The second kappa shape index (κ2) is 11.5. The van der Waals surface area contributed by atoms with Gasteiger partial charge in [0.15, 0.2) is 23.2 Å². The molecule has 1 aliphatic rings. The van der Waals surface area contributed by atoms with Crippen molar-refractivity contribution < 1.29 is 31.8 Å². The molecule has 3 aromatic carbocycles. The molecule has 1 aliphatic carbocycles. The molecule has 0 heterocycles. The first-order valence-electron chi connectivity index (χ1n) is 12.4. The van der Waals surface area contributed by atoms with Gasteiger partial charge in [-0.3, -0.25) is 0 Å². The maximum atomic E-state index is 14.9. The van der Waals surface area contributed by atoms with Crippen molar-refractivity contribution in [3.8, 4) is 5.75 Å². The van der Waals surface area contributed by atoms with Crippen molar-refractivity contribution in [2.45, 2.75) is 58.0 Å². The third-order valence-corrected chi connectivity index (χ3v) is 6.96. The van der Waals surface area contributed by atoms with Crippen molar-refractivity contribution in [2.75, 3.05) is 6.61 Å². The fourth-order valence-corrected chi connectivity index (χ4v) is 4.85. The van der Waals surface area contributed by atoms with Crippen LogP contribution in [0.15, 0.2) is 48.5 Å². The Kier molecular flexibility index (Phi) is 8.32. The Labute approximate surface area is 213 Å². The minimum atomic E-state index is -1.10. The summed E-state index contributed by atoms with van der Waals surface area (Å²) in [7, 11) is 0. The van der Waals surface area contributed by atoms with Crippen LogP contribution in [0.25, 0.3) is 5.57 Å². The molecule has 2 unspecified atom stereocenters. The monoisotopic (exact) mass is 516 g/mol. The van der Waals surface area contributed by atoms with Crippen LogP contribution in [0.2, 0.25) is 0 Å². The Morgan fingerprint density at radius 1 is 0.892 bits per heavy atom. The average molecular weight is 517 g/mol. The zero-order valence-electron chi connectivity index (χ0n) is 20.8. The maximum Gasteiger partial charge on any atom is 0.200 e. The molecule has 0 saturated carbocycles. The summed E-state index contributed by atoms with van der Waals surface area (Å²) in [6.07, 6.45) is 2.77. The summed E-state index contributed by atoms with van der Waals surface area (Å²) < 4.78 is 77.3. The van der Waals surface area contributed by atoms with Crippen LogP contribution in [0.1, 0.15) is 72.9 Å². The molecule has 0 radical (unpaired) electrons. The molecule has 0 saturated heterocycles. The van der Waals surface area contributed by atoms with Crippen LogP contribution in [0.3, 0.4) is 0 Å². The van der Waals surface area contributed by atoms with E-state index >= 15 is 0 Å². The van der Waals surface area contributed by atoms with E-state index in [1.54, 1.807) is 19.1 Å². The van der Waals surface area contributed by atoms with Crippen LogP contribution >= 0.6 is 0 Å². The normalized spacial score (nSPS) is 16.4. The van der Waals surface area contributed by atoms with E-state index in [1.165, 1.54) is 37.3 Å². The second-order valence-electron chi connectivity index (χ2n) is 9.34. The zero-order valence-corrected chi connectivity index (χ0v) is 20.8. The van der Waals surface area contributed by atoms with Crippen molar-refractivity contribution in [3.63, 3.8) is 0 Å². The Morgan fingerprint density at radius 2 is 1.62 bits per heavy atom. The van der Waals surface area contributed by atoms with Gasteiger partial charge in [0.25, 0.3) is 0 Å². The fraction of sp³-hybridized carbons (Fsp3) is 0.333. The van der Waals surface area contributed by atoms with Crippen LogP contribution < -0.4 is 4.74 Å². The smallest absolute Gasteiger partial charge is 0.200 e. The molecule has 0 aromatic heterocycles. The van der Waals surface area contributed by atoms with Crippen molar-refractivity contribution >= 4 is 5.57 Å². The number of benzene rings is 3. The third-order valence-electron chi connectivity index (χ3n) is 6.96. The predicted octanol–water partition coefficient (Wildman–Crippen LogP) is 7.97. The molecule has 0 aliphatic heterocycles. The van der Waals surface area contributed by atoms with Crippen molar-refractivity contribution in [1.82, 2.24) is 0 Å². The highest BCUT2D eigenvalue weighted by atomic mass is 19.2. The number of aliphatic hydroxyl groups excluding tert-OH is 1. The van der Waals surface area contributed by atoms with E-state index in [4.69, 9.17) is 4.74 Å². The summed E-state index contributed by atoms with van der Waals surface area (Å²) in [4.78, 5) is 0. The quantitative estimate of drug-likeness (QED) is 0.308. The summed E-state index contributed by atoms with van der Waals surface area (Å²) in [5.41, 5.74) is 2.37. The lowest BCUT2D eigenvalue weighted by Gasteiger charge is -2.24. The SMILES string of the molecule is CCOc1ccc(CCc2ccc(C3=CCC(c4ccc(C(C)O)c(F)c4F)CC3)cc2F)c(F)c1F. The van der Waals surface area contributed by atoms with E-state index in [0.717, 1.165) is 5.57 Å².